The average Bonchev–Trinajstić information content (AvgIpc) is 3.24. The zero-order valence-electron chi connectivity index (χ0n) is 12.0. The highest BCUT2D eigenvalue weighted by molar-refractivity contribution is 5.80. The number of hydrogen-bond donors (Lipinski definition) is 0. The number of anilines is 1. The second-order valence-corrected chi connectivity index (χ2v) is 6.05. The first kappa shape index (κ1) is 13.0. The molecule has 4 heterocycles. The summed E-state index contributed by atoms with van der Waals surface area (Å²) < 4.78 is 5.36. The van der Waals surface area contributed by atoms with Crippen molar-refractivity contribution in [2.75, 3.05) is 31.2 Å². The van der Waals surface area contributed by atoms with Gasteiger partial charge in [-0.2, -0.15) is 0 Å². The number of rotatable bonds is 2. The molecule has 0 spiro atoms. The highest BCUT2D eigenvalue weighted by atomic mass is 16.5. The van der Waals surface area contributed by atoms with Gasteiger partial charge in [-0.05, 0) is 25.3 Å². The highest BCUT2D eigenvalue weighted by Gasteiger charge is 2.46. The van der Waals surface area contributed by atoms with Crippen LogP contribution in [0.15, 0.2) is 18.5 Å². The summed E-state index contributed by atoms with van der Waals surface area (Å²) >= 11 is 0. The third-order valence-electron chi connectivity index (χ3n) is 4.95. The van der Waals surface area contributed by atoms with E-state index in [2.05, 4.69) is 19.8 Å². The van der Waals surface area contributed by atoms with Crippen LogP contribution in [0.4, 0.5) is 5.95 Å². The van der Waals surface area contributed by atoms with Crippen LogP contribution in [-0.2, 0) is 9.53 Å². The van der Waals surface area contributed by atoms with Gasteiger partial charge >= 0.3 is 0 Å². The number of nitrogens with zero attached hydrogens (tertiary/aromatic N) is 4. The van der Waals surface area contributed by atoms with E-state index in [-0.39, 0.29) is 11.8 Å². The predicted octanol–water partition coefficient (Wildman–Crippen LogP) is 0.693. The molecule has 0 aromatic carbocycles. The van der Waals surface area contributed by atoms with E-state index in [0.717, 1.165) is 44.9 Å². The van der Waals surface area contributed by atoms with Crippen LogP contribution in [0.25, 0.3) is 0 Å². The third-order valence-corrected chi connectivity index (χ3v) is 4.95. The fraction of sp³-hybridized carbons (Fsp3) is 0.667. The summed E-state index contributed by atoms with van der Waals surface area (Å²) in [4.78, 5) is 25.7. The van der Waals surface area contributed by atoms with Crippen LogP contribution >= 0.6 is 0 Å². The molecule has 1 aromatic rings. The van der Waals surface area contributed by atoms with Crippen molar-refractivity contribution in [3.8, 4) is 0 Å². The summed E-state index contributed by atoms with van der Waals surface area (Å²) in [6, 6.07) is 2.53. The number of hydrogen-bond acceptors (Lipinski definition) is 5. The normalized spacial score (nSPS) is 31.7. The van der Waals surface area contributed by atoms with Crippen LogP contribution in [0, 0.1) is 5.92 Å². The zero-order valence-corrected chi connectivity index (χ0v) is 12.0. The molecule has 6 heteroatoms. The minimum atomic E-state index is 0.0748. The van der Waals surface area contributed by atoms with Gasteiger partial charge in [0.25, 0.3) is 0 Å². The Morgan fingerprint density at radius 1 is 1.14 bits per heavy atom. The molecule has 0 bridgehead atoms. The lowest BCUT2D eigenvalue weighted by atomic mass is 10.1. The molecule has 21 heavy (non-hydrogen) atoms. The third kappa shape index (κ3) is 2.18. The van der Waals surface area contributed by atoms with Crippen LogP contribution in [-0.4, -0.2) is 59.2 Å². The molecule has 0 radical (unpaired) electrons. The van der Waals surface area contributed by atoms with Gasteiger partial charge in [0.05, 0.1) is 24.6 Å². The number of carbonyl (C=O) groups is 1. The Labute approximate surface area is 124 Å². The SMILES string of the molecule is O=C(C1CCOC1)N1CC[C@H]2[C@H]1CCN2c1ncccn1. The van der Waals surface area contributed by atoms with Gasteiger partial charge in [0.2, 0.25) is 11.9 Å². The van der Waals surface area contributed by atoms with Gasteiger partial charge in [-0.15, -0.1) is 0 Å². The number of fused-ring (bicyclic) bond motifs is 1. The molecule has 3 saturated heterocycles. The molecule has 1 amide bonds. The standard InChI is InChI=1S/C15H20N4O2/c20-14(11-4-9-21-10-11)18-7-2-13-12(18)3-8-19(13)15-16-5-1-6-17-15/h1,5-6,11-13H,2-4,7-10H2/t11?,12-,13+/m1/s1. The summed E-state index contributed by atoms with van der Waals surface area (Å²) in [6.45, 7) is 3.11. The molecule has 3 fully saturated rings. The number of likely N-dealkylation sites (tertiary alicyclic amines) is 1. The van der Waals surface area contributed by atoms with Crippen molar-refractivity contribution in [1.29, 1.82) is 0 Å². The van der Waals surface area contributed by atoms with Gasteiger partial charge < -0.3 is 14.5 Å². The van der Waals surface area contributed by atoms with Crippen molar-refractivity contribution < 1.29 is 9.53 Å². The van der Waals surface area contributed by atoms with Crippen molar-refractivity contribution in [2.45, 2.75) is 31.3 Å². The Morgan fingerprint density at radius 3 is 2.71 bits per heavy atom. The molecule has 112 valence electrons. The maximum absolute atomic E-state index is 12.6. The minimum Gasteiger partial charge on any atom is -0.381 e. The van der Waals surface area contributed by atoms with Gasteiger partial charge in [-0.1, -0.05) is 0 Å². The van der Waals surface area contributed by atoms with Crippen LogP contribution in [0.2, 0.25) is 0 Å². The Hall–Kier alpha value is -1.69. The maximum Gasteiger partial charge on any atom is 0.228 e. The van der Waals surface area contributed by atoms with Gasteiger partial charge in [-0.25, -0.2) is 9.97 Å². The van der Waals surface area contributed by atoms with Gasteiger partial charge in [0.15, 0.2) is 0 Å². The molecule has 4 rings (SSSR count). The Bertz CT molecular complexity index is 518. The highest BCUT2D eigenvalue weighted by Crippen LogP contribution is 2.35. The van der Waals surface area contributed by atoms with E-state index >= 15 is 0 Å². The molecule has 0 aliphatic carbocycles. The number of carbonyl (C=O) groups excluding carboxylic acids is 1. The van der Waals surface area contributed by atoms with Crippen molar-refractivity contribution in [2.24, 2.45) is 5.92 Å². The fourth-order valence-corrected chi connectivity index (χ4v) is 3.91. The minimum absolute atomic E-state index is 0.0748. The van der Waals surface area contributed by atoms with Crippen molar-refractivity contribution in [3.63, 3.8) is 0 Å². The van der Waals surface area contributed by atoms with E-state index in [1.54, 1.807) is 12.4 Å². The molecule has 0 N–H and O–H groups in total. The van der Waals surface area contributed by atoms with E-state index in [4.69, 9.17) is 4.74 Å². The van der Waals surface area contributed by atoms with Crippen molar-refractivity contribution in [3.05, 3.63) is 18.5 Å². The van der Waals surface area contributed by atoms with Crippen LogP contribution < -0.4 is 4.90 Å². The topological polar surface area (TPSA) is 58.6 Å². The lowest BCUT2D eigenvalue weighted by molar-refractivity contribution is -0.136. The van der Waals surface area contributed by atoms with Crippen molar-refractivity contribution in [1.82, 2.24) is 14.9 Å². The lowest BCUT2D eigenvalue weighted by Gasteiger charge is -2.27. The molecule has 3 aliphatic rings. The Kier molecular flexibility index (Phi) is 3.25. The predicted molar refractivity (Wildman–Crippen MR) is 76.8 cm³/mol. The summed E-state index contributed by atoms with van der Waals surface area (Å²) in [5.74, 6) is 1.16. The summed E-state index contributed by atoms with van der Waals surface area (Å²) in [5.41, 5.74) is 0. The quantitative estimate of drug-likeness (QED) is 0.801. The van der Waals surface area contributed by atoms with E-state index in [1.807, 2.05) is 6.07 Å². The smallest absolute Gasteiger partial charge is 0.228 e. The molecular formula is C15H20N4O2. The molecule has 1 unspecified atom stereocenters. The fourth-order valence-electron chi connectivity index (χ4n) is 3.91. The van der Waals surface area contributed by atoms with Gasteiger partial charge in [-0.3, -0.25) is 4.79 Å². The van der Waals surface area contributed by atoms with E-state index in [9.17, 15) is 4.79 Å². The van der Waals surface area contributed by atoms with Gasteiger partial charge in [0.1, 0.15) is 0 Å². The molecule has 0 saturated carbocycles. The Balaban J connectivity index is 1.49. The zero-order chi connectivity index (χ0) is 14.2. The lowest BCUT2D eigenvalue weighted by Crippen LogP contribution is -2.42. The second-order valence-electron chi connectivity index (χ2n) is 6.05. The van der Waals surface area contributed by atoms with Crippen LogP contribution in [0.5, 0.6) is 0 Å². The molecule has 3 atom stereocenters. The number of ether oxygens (including phenoxy) is 1. The first-order chi connectivity index (χ1) is 10.3. The Morgan fingerprint density at radius 2 is 1.95 bits per heavy atom. The molecule has 6 nitrogen and oxygen atoms in total. The number of amides is 1. The van der Waals surface area contributed by atoms with Gasteiger partial charge in [0, 0.05) is 32.1 Å². The number of aromatic nitrogens is 2. The van der Waals surface area contributed by atoms with E-state index in [0.29, 0.717) is 18.7 Å². The maximum atomic E-state index is 12.6. The summed E-state index contributed by atoms with van der Waals surface area (Å²) in [6.07, 6.45) is 6.47. The average molecular weight is 288 g/mol. The van der Waals surface area contributed by atoms with Crippen molar-refractivity contribution >= 4 is 11.9 Å². The largest absolute Gasteiger partial charge is 0.381 e. The van der Waals surface area contributed by atoms with Crippen LogP contribution in [0.3, 0.4) is 0 Å². The second kappa shape index (κ2) is 5.26. The molecular weight excluding hydrogens is 268 g/mol. The molecule has 3 aliphatic heterocycles. The summed E-state index contributed by atoms with van der Waals surface area (Å²) in [5, 5.41) is 0. The first-order valence-electron chi connectivity index (χ1n) is 7.76. The van der Waals surface area contributed by atoms with Crippen LogP contribution in [0.1, 0.15) is 19.3 Å². The van der Waals surface area contributed by atoms with E-state index in [1.165, 1.54) is 0 Å². The first-order valence-corrected chi connectivity index (χ1v) is 7.76. The summed E-state index contributed by atoms with van der Waals surface area (Å²) in [7, 11) is 0. The van der Waals surface area contributed by atoms with E-state index < -0.39 is 0 Å². The monoisotopic (exact) mass is 288 g/mol. The molecule has 1 aromatic heterocycles.